The van der Waals surface area contributed by atoms with E-state index in [4.69, 9.17) is 0 Å². The van der Waals surface area contributed by atoms with Gasteiger partial charge in [-0.1, -0.05) is 35.9 Å². The third-order valence-electron chi connectivity index (χ3n) is 3.41. The largest absolute Gasteiger partial charge is 0.416 e. The number of halogens is 3. The predicted molar refractivity (Wildman–Crippen MR) is 92.2 cm³/mol. The Labute approximate surface area is 143 Å². The molecule has 0 atom stereocenters. The van der Waals surface area contributed by atoms with Crippen molar-refractivity contribution in [3.8, 4) is 0 Å². The van der Waals surface area contributed by atoms with Gasteiger partial charge in [-0.3, -0.25) is 4.79 Å². The van der Waals surface area contributed by atoms with Crippen LogP contribution in [-0.4, -0.2) is 11.7 Å². The summed E-state index contributed by atoms with van der Waals surface area (Å²) >= 11 is 1.28. The second-order valence-electron chi connectivity index (χ2n) is 5.56. The highest BCUT2D eigenvalue weighted by Crippen LogP contribution is 2.30. The van der Waals surface area contributed by atoms with Crippen LogP contribution in [0.2, 0.25) is 0 Å². The SMILES string of the molecule is Cc1ccc(NC(=O)CSCc2cccc(C(F)(F)F)c2)c(C)c1. The van der Waals surface area contributed by atoms with E-state index in [0.717, 1.165) is 28.9 Å². The van der Waals surface area contributed by atoms with Crippen molar-refractivity contribution in [3.63, 3.8) is 0 Å². The van der Waals surface area contributed by atoms with Gasteiger partial charge in [-0.25, -0.2) is 0 Å². The molecule has 0 radical (unpaired) electrons. The van der Waals surface area contributed by atoms with Crippen molar-refractivity contribution in [1.82, 2.24) is 0 Å². The van der Waals surface area contributed by atoms with Crippen LogP contribution in [0, 0.1) is 13.8 Å². The number of alkyl halides is 3. The molecule has 2 nitrogen and oxygen atoms in total. The summed E-state index contributed by atoms with van der Waals surface area (Å²) in [4.78, 5) is 12.0. The zero-order valence-corrected chi connectivity index (χ0v) is 14.2. The monoisotopic (exact) mass is 353 g/mol. The van der Waals surface area contributed by atoms with Gasteiger partial charge < -0.3 is 5.32 Å². The van der Waals surface area contributed by atoms with Crippen molar-refractivity contribution in [2.45, 2.75) is 25.8 Å². The maximum absolute atomic E-state index is 12.7. The third-order valence-corrected chi connectivity index (χ3v) is 4.42. The first kappa shape index (κ1) is 18.4. The number of aryl methyl sites for hydroxylation is 2. The molecule has 0 aliphatic carbocycles. The maximum Gasteiger partial charge on any atom is 0.416 e. The summed E-state index contributed by atoms with van der Waals surface area (Å²) in [6, 6.07) is 10.9. The number of amides is 1. The average Bonchev–Trinajstić information content (AvgIpc) is 2.50. The smallest absolute Gasteiger partial charge is 0.325 e. The molecule has 0 unspecified atom stereocenters. The molecule has 1 amide bonds. The Kier molecular flexibility index (Phi) is 5.94. The summed E-state index contributed by atoms with van der Waals surface area (Å²) in [6.45, 7) is 3.89. The number of benzene rings is 2. The molecule has 0 saturated carbocycles. The minimum Gasteiger partial charge on any atom is -0.325 e. The van der Waals surface area contributed by atoms with E-state index >= 15 is 0 Å². The number of hydrogen-bond donors (Lipinski definition) is 1. The second kappa shape index (κ2) is 7.75. The molecule has 1 N–H and O–H groups in total. The Morgan fingerprint density at radius 2 is 1.88 bits per heavy atom. The standard InChI is InChI=1S/C18H18F3NOS/c1-12-6-7-16(13(2)8-12)22-17(23)11-24-10-14-4-3-5-15(9-14)18(19,20)21/h3-9H,10-11H2,1-2H3,(H,22,23). The van der Waals surface area contributed by atoms with Gasteiger partial charge in [0, 0.05) is 11.4 Å². The summed E-state index contributed by atoms with van der Waals surface area (Å²) < 4.78 is 38.0. The van der Waals surface area contributed by atoms with Crippen LogP contribution in [0.5, 0.6) is 0 Å². The third kappa shape index (κ3) is 5.30. The molecule has 24 heavy (non-hydrogen) atoms. The number of carbonyl (C=O) groups excluding carboxylic acids is 1. The molecule has 0 aromatic heterocycles. The molecule has 0 spiro atoms. The molecular weight excluding hydrogens is 335 g/mol. The normalized spacial score (nSPS) is 11.4. The van der Waals surface area contributed by atoms with E-state index in [2.05, 4.69) is 5.32 Å². The molecule has 0 saturated heterocycles. The van der Waals surface area contributed by atoms with E-state index < -0.39 is 11.7 Å². The Morgan fingerprint density at radius 3 is 2.54 bits per heavy atom. The van der Waals surface area contributed by atoms with Crippen LogP contribution in [0.1, 0.15) is 22.3 Å². The summed E-state index contributed by atoms with van der Waals surface area (Å²) in [5, 5.41) is 2.82. The molecule has 0 fully saturated rings. The number of anilines is 1. The fourth-order valence-electron chi connectivity index (χ4n) is 2.24. The lowest BCUT2D eigenvalue weighted by Crippen LogP contribution is -2.15. The second-order valence-corrected chi connectivity index (χ2v) is 6.54. The summed E-state index contributed by atoms with van der Waals surface area (Å²) in [6.07, 6.45) is -4.35. The lowest BCUT2D eigenvalue weighted by molar-refractivity contribution is -0.137. The van der Waals surface area contributed by atoms with Gasteiger partial charge in [-0.15, -0.1) is 11.8 Å². The van der Waals surface area contributed by atoms with Crippen molar-refractivity contribution >= 4 is 23.4 Å². The van der Waals surface area contributed by atoms with Gasteiger partial charge in [0.05, 0.1) is 11.3 Å². The highest BCUT2D eigenvalue weighted by molar-refractivity contribution is 7.99. The molecule has 0 bridgehead atoms. The van der Waals surface area contributed by atoms with E-state index in [0.29, 0.717) is 11.3 Å². The van der Waals surface area contributed by atoms with Crippen LogP contribution in [0.25, 0.3) is 0 Å². The van der Waals surface area contributed by atoms with Crippen molar-refractivity contribution in [2.24, 2.45) is 0 Å². The topological polar surface area (TPSA) is 29.1 Å². The molecule has 0 heterocycles. The van der Waals surface area contributed by atoms with Gasteiger partial charge in [0.15, 0.2) is 0 Å². The Bertz CT molecular complexity index is 728. The van der Waals surface area contributed by atoms with E-state index in [-0.39, 0.29) is 11.7 Å². The summed E-state index contributed by atoms with van der Waals surface area (Å²) in [5.41, 5.74) is 2.73. The van der Waals surface area contributed by atoms with Crippen LogP contribution in [0.15, 0.2) is 42.5 Å². The zero-order valence-electron chi connectivity index (χ0n) is 13.4. The Hall–Kier alpha value is -1.95. The number of thioether (sulfide) groups is 1. The van der Waals surface area contributed by atoms with Crippen LogP contribution in [0.4, 0.5) is 18.9 Å². The molecule has 2 rings (SSSR count). The number of rotatable bonds is 5. The van der Waals surface area contributed by atoms with Gasteiger partial charge in [-0.2, -0.15) is 13.2 Å². The quantitative estimate of drug-likeness (QED) is 0.801. The van der Waals surface area contributed by atoms with E-state index in [1.165, 1.54) is 17.8 Å². The fraction of sp³-hybridized carbons (Fsp3) is 0.278. The van der Waals surface area contributed by atoms with Crippen molar-refractivity contribution in [2.75, 3.05) is 11.1 Å². The minimum atomic E-state index is -4.35. The first-order valence-electron chi connectivity index (χ1n) is 7.36. The fourth-order valence-corrected chi connectivity index (χ4v) is 3.01. The summed E-state index contributed by atoms with van der Waals surface area (Å²) in [5.74, 6) is 0.368. The van der Waals surface area contributed by atoms with Crippen LogP contribution in [-0.2, 0) is 16.7 Å². The van der Waals surface area contributed by atoms with Gasteiger partial charge in [-0.05, 0) is 37.1 Å². The number of hydrogen-bond acceptors (Lipinski definition) is 2. The predicted octanol–water partition coefficient (Wildman–Crippen LogP) is 5.19. The van der Waals surface area contributed by atoms with E-state index in [1.807, 2.05) is 32.0 Å². The molecule has 2 aromatic rings. The number of carbonyl (C=O) groups is 1. The molecule has 6 heteroatoms. The van der Waals surface area contributed by atoms with Gasteiger partial charge in [0.1, 0.15) is 0 Å². The molecule has 0 aliphatic rings. The molecule has 128 valence electrons. The zero-order chi connectivity index (χ0) is 17.7. The molecule has 2 aromatic carbocycles. The summed E-state index contributed by atoms with van der Waals surface area (Å²) in [7, 11) is 0. The van der Waals surface area contributed by atoms with E-state index in [9.17, 15) is 18.0 Å². The van der Waals surface area contributed by atoms with Crippen molar-refractivity contribution in [1.29, 1.82) is 0 Å². The highest BCUT2D eigenvalue weighted by atomic mass is 32.2. The van der Waals surface area contributed by atoms with Gasteiger partial charge >= 0.3 is 6.18 Å². The van der Waals surface area contributed by atoms with Crippen molar-refractivity contribution in [3.05, 3.63) is 64.7 Å². The van der Waals surface area contributed by atoms with Gasteiger partial charge in [0.2, 0.25) is 5.91 Å². The first-order valence-corrected chi connectivity index (χ1v) is 8.52. The maximum atomic E-state index is 12.7. The van der Waals surface area contributed by atoms with Crippen LogP contribution < -0.4 is 5.32 Å². The van der Waals surface area contributed by atoms with Crippen LogP contribution in [0.3, 0.4) is 0 Å². The van der Waals surface area contributed by atoms with Crippen molar-refractivity contribution < 1.29 is 18.0 Å². The highest BCUT2D eigenvalue weighted by Gasteiger charge is 2.30. The van der Waals surface area contributed by atoms with Gasteiger partial charge in [0.25, 0.3) is 0 Å². The first-order chi connectivity index (χ1) is 11.3. The lowest BCUT2D eigenvalue weighted by atomic mass is 10.1. The lowest BCUT2D eigenvalue weighted by Gasteiger charge is -2.10. The molecular formula is C18H18F3NOS. The molecule has 0 aliphatic heterocycles. The van der Waals surface area contributed by atoms with Crippen LogP contribution >= 0.6 is 11.8 Å². The minimum absolute atomic E-state index is 0.168. The van der Waals surface area contributed by atoms with E-state index in [1.54, 1.807) is 6.07 Å². The number of nitrogens with one attached hydrogen (secondary N) is 1. The average molecular weight is 353 g/mol. The Balaban J connectivity index is 1.87. The Morgan fingerprint density at radius 1 is 1.12 bits per heavy atom.